The van der Waals surface area contributed by atoms with Crippen molar-refractivity contribution in [1.82, 2.24) is 0 Å². The van der Waals surface area contributed by atoms with Crippen molar-refractivity contribution in [3.05, 3.63) is 28.2 Å². The van der Waals surface area contributed by atoms with Crippen molar-refractivity contribution in [2.45, 2.75) is 13.0 Å². The molecule has 0 saturated heterocycles. The SMILES string of the molecule is CC(O)C(=O)Nc1cc(Cl)cc(Cl)c1. The quantitative estimate of drug-likeness (QED) is 0.824. The van der Waals surface area contributed by atoms with Gasteiger partial charge in [-0.3, -0.25) is 4.79 Å². The summed E-state index contributed by atoms with van der Waals surface area (Å²) in [4.78, 5) is 11.1. The minimum absolute atomic E-state index is 0.429. The molecule has 0 aliphatic carbocycles. The topological polar surface area (TPSA) is 49.3 Å². The molecule has 0 heterocycles. The molecule has 1 unspecified atom stereocenters. The largest absolute Gasteiger partial charge is 0.384 e. The van der Waals surface area contributed by atoms with Gasteiger partial charge < -0.3 is 10.4 Å². The van der Waals surface area contributed by atoms with E-state index in [1.165, 1.54) is 6.92 Å². The lowest BCUT2D eigenvalue weighted by Gasteiger charge is -2.07. The highest BCUT2D eigenvalue weighted by Crippen LogP contribution is 2.22. The molecule has 0 fully saturated rings. The molecule has 0 saturated carbocycles. The number of benzene rings is 1. The number of carbonyl (C=O) groups excluding carboxylic acids is 1. The Morgan fingerprint density at radius 1 is 1.36 bits per heavy atom. The molecule has 1 rings (SSSR count). The predicted octanol–water partition coefficient (Wildman–Crippen LogP) is 2.31. The standard InChI is InChI=1S/C9H9Cl2NO2/c1-5(13)9(14)12-8-3-6(10)2-7(11)4-8/h2-5,13H,1H3,(H,12,14). The van der Waals surface area contributed by atoms with Crippen molar-refractivity contribution in [2.75, 3.05) is 5.32 Å². The van der Waals surface area contributed by atoms with Crippen LogP contribution >= 0.6 is 23.2 Å². The van der Waals surface area contributed by atoms with Gasteiger partial charge in [0.2, 0.25) is 0 Å². The number of halogens is 2. The zero-order chi connectivity index (χ0) is 10.7. The van der Waals surface area contributed by atoms with Gasteiger partial charge >= 0.3 is 0 Å². The van der Waals surface area contributed by atoms with Crippen LogP contribution in [0, 0.1) is 0 Å². The number of hydrogen-bond acceptors (Lipinski definition) is 2. The van der Waals surface area contributed by atoms with E-state index >= 15 is 0 Å². The van der Waals surface area contributed by atoms with Crippen LogP contribution in [0.1, 0.15) is 6.92 Å². The minimum atomic E-state index is -1.06. The first-order valence-corrected chi connectivity index (χ1v) is 4.69. The Bertz CT molecular complexity index is 332. The van der Waals surface area contributed by atoms with Gasteiger partial charge in [0.05, 0.1) is 0 Å². The summed E-state index contributed by atoms with van der Waals surface area (Å²) >= 11 is 11.4. The lowest BCUT2D eigenvalue weighted by molar-refractivity contribution is -0.123. The highest BCUT2D eigenvalue weighted by Gasteiger charge is 2.09. The second-order valence-electron chi connectivity index (χ2n) is 2.82. The molecule has 1 amide bonds. The molecule has 1 atom stereocenters. The summed E-state index contributed by atoms with van der Waals surface area (Å²) in [6.07, 6.45) is -1.06. The molecule has 0 aliphatic rings. The fraction of sp³-hybridized carbons (Fsp3) is 0.222. The third-order valence-electron chi connectivity index (χ3n) is 1.51. The Morgan fingerprint density at radius 2 is 1.86 bits per heavy atom. The molecule has 14 heavy (non-hydrogen) atoms. The first kappa shape index (κ1) is 11.3. The molecule has 0 spiro atoms. The van der Waals surface area contributed by atoms with Gasteiger partial charge in [0.25, 0.3) is 5.91 Å². The zero-order valence-electron chi connectivity index (χ0n) is 7.42. The van der Waals surface area contributed by atoms with E-state index in [1.807, 2.05) is 0 Å². The van der Waals surface area contributed by atoms with Crippen LogP contribution < -0.4 is 5.32 Å². The summed E-state index contributed by atoms with van der Waals surface area (Å²) in [6, 6.07) is 4.66. The number of nitrogens with one attached hydrogen (secondary N) is 1. The number of aliphatic hydroxyl groups is 1. The highest BCUT2D eigenvalue weighted by atomic mass is 35.5. The summed E-state index contributed by atoms with van der Waals surface area (Å²) in [6.45, 7) is 1.38. The van der Waals surface area contributed by atoms with Gasteiger partial charge in [-0.05, 0) is 25.1 Å². The van der Waals surface area contributed by atoms with Crippen molar-refractivity contribution in [3.63, 3.8) is 0 Å². The first-order chi connectivity index (χ1) is 6.49. The molecular weight excluding hydrogens is 225 g/mol. The van der Waals surface area contributed by atoms with E-state index in [0.717, 1.165) is 0 Å². The van der Waals surface area contributed by atoms with Crippen molar-refractivity contribution in [3.8, 4) is 0 Å². The molecule has 0 bridgehead atoms. The Hall–Kier alpha value is -0.770. The molecule has 1 aromatic carbocycles. The fourth-order valence-electron chi connectivity index (χ4n) is 0.873. The minimum Gasteiger partial charge on any atom is -0.384 e. The van der Waals surface area contributed by atoms with E-state index < -0.39 is 12.0 Å². The van der Waals surface area contributed by atoms with Crippen LogP contribution in [-0.2, 0) is 4.79 Å². The highest BCUT2D eigenvalue weighted by molar-refractivity contribution is 6.35. The van der Waals surface area contributed by atoms with E-state index in [-0.39, 0.29) is 0 Å². The molecule has 3 nitrogen and oxygen atoms in total. The van der Waals surface area contributed by atoms with Crippen molar-refractivity contribution in [2.24, 2.45) is 0 Å². The maximum Gasteiger partial charge on any atom is 0.252 e. The Balaban J connectivity index is 2.82. The summed E-state index contributed by atoms with van der Waals surface area (Å²) in [7, 11) is 0. The van der Waals surface area contributed by atoms with Crippen LogP contribution in [0.4, 0.5) is 5.69 Å². The van der Waals surface area contributed by atoms with E-state index in [1.54, 1.807) is 18.2 Å². The summed E-state index contributed by atoms with van der Waals surface area (Å²) < 4.78 is 0. The lowest BCUT2D eigenvalue weighted by atomic mass is 10.3. The van der Waals surface area contributed by atoms with Gasteiger partial charge in [-0.1, -0.05) is 23.2 Å². The number of anilines is 1. The van der Waals surface area contributed by atoms with Gasteiger partial charge in [-0.25, -0.2) is 0 Å². The third-order valence-corrected chi connectivity index (χ3v) is 1.95. The van der Waals surface area contributed by atoms with Crippen molar-refractivity contribution in [1.29, 1.82) is 0 Å². The van der Waals surface area contributed by atoms with E-state index in [9.17, 15) is 4.79 Å². The summed E-state index contributed by atoms with van der Waals surface area (Å²) in [5.41, 5.74) is 0.466. The van der Waals surface area contributed by atoms with E-state index in [4.69, 9.17) is 28.3 Å². The molecular formula is C9H9Cl2NO2. The van der Waals surface area contributed by atoms with Gasteiger partial charge in [-0.2, -0.15) is 0 Å². The monoisotopic (exact) mass is 233 g/mol. The number of carbonyl (C=O) groups is 1. The molecule has 0 radical (unpaired) electrons. The Morgan fingerprint density at radius 3 is 2.29 bits per heavy atom. The van der Waals surface area contributed by atoms with Crippen LogP contribution in [0.15, 0.2) is 18.2 Å². The average molecular weight is 234 g/mol. The van der Waals surface area contributed by atoms with Gasteiger partial charge in [-0.15, -0.1) is 0 Å². The average Bonchev–Trinajstić information content (AvgIpc) is 2.01. The van der Waals surface area contributed by atoms with Crippen LogP contribution in [0.5, 0.6) is 0 Å². The molecule has 1 aromatic rings. The smallest absolute Gasteiger partial charge is 0.252 e. The fourth-order valence-corrected chi connectivity index (χ4v) is 1.40. The Labute approximate surface area is 91.6 Å². The third kappa shape index (κ3) is 3.18. The van der Waals surface area contributed by atoms with Crippen LogP contribution in [0.25, 0.3) is 0 Å². The molecule has 2 N–H and O–H groups in total. The van der Waals surface area contributed by atoms with Crippen LogP contribution in [0.3, 0.4) is 0 Å². The predicted molar refractivity (Wildman–Crippen MR) is 56.8 cm³/mol. The Kier molecular flexibility index (Phi) is 3.75. The number of hydrogen-bond donors (Lipinski definition) is 2. The van der Waals surface area contributed by atoms with Crippen molar-refractivity contribution < 1.29 is 9.90 Å². The van der Waals surface area contributed by atoms with Gasteiger partial charge in [0.15, 0.2) is 0 Å². The summed E-state index contributed by atoms with van der Waals surface area (Å²) in [5.74, 6) is -0.497. The normalized spacial score (nSPS) is 12.3. The van der Waals surface area contributed by atoms with Crippen LogP contribution in [0.2, 0.25) is 10.0 Å². The first-order valence-electron chi connectivity index (χ1n) is 3.94. The number of rotatable bonds is 2. The molecule has 0 aromatic heterocycles. The summed E-state index contributed by atoms with van der Waals surface area (Å²) in [5, 5.41) is 12.3. The second kappa shape index (κ2) is 4.64. The van der Waals surface area contributed by atoms with Gasteiger partial charge in [0.1, 0.15) is 6.10 Å². The zero-order valence-corrected chi connectivity index (χ0v) is 8.93. The number of aliphatic hydroxyl groups excluding tert-OH is 1. The van der Waals surface area contributed by atoms with Crippen molar-refractivity contribution >= 4 is 34.8 Å². The molecule has 5 heteroatoms. The van der Waals surface area contributed by atoms with Gasteiger partial charge in [0, 0.05) is 15.7 Å². The maximum absolute atomic E-state index is 11.1. The molecule has 0 aliphatic heterocycles. The van der Waals surface area contributed by atoms with E-state index in [2.05, 4.69) is 5.32 Å². The van der Waals surface area contributed by atoms with E-state index in [0.29, 0.717) is 15.7 Å². The van der Waals surface area contributed by atoms with Crippen LogP contribution in [-0.4, -0.2) is 17.1 Å². The maximum atomic E-state index is 11.1. The molecule has 76 valence electrons. The second-order valence-corrected chi connectivity index (χ2v) is 3.70. The lowest BCUT2D eigenvalue weighted by Crippen LogP contribution is -2.24. The number of amides is 1.